The molecule has 0 N–H and O–H groups in total. The van der Waals surface area contributed by atoms with Gasteiger partial charge in [0, 0.05) is 6.20 Å². The van der Waals surface area contributed by atoms with Crippen LogP contribution in [0.1, 0.15) is 5.56 Å². The van der Waals surface area contributed by atoms with E-state index >= 15 is 0 Å². The van der Waals surface area contributed by atoms with Crippen molar-refractivity contribution in [3.8, 4) is 0 Å². The topological polar surface area (TPSA) is 90.3 Å². The molecule has 5 rings (SSSR count). The Morgan fingerprint density at radius 1 is 1.04 bits per heavy atom. The summed E-state index contributed by atoms with van der Waals surface area (Å²) in [6.45, 7) is 0. The second-order valence-corrected chi connectivity index (χ2v) is 7.97. The summed E-state index contributed by atoms with van der Waals surface area (Å²) >= 11 is 2.92. The lowest BCUT2D eigenvalue weighted by Gasteiger charge is -2.06. The zero-order valence-corrected chi connectivity index (χ0v) is 15.8. The highest BCUT2D eigenvalue weighted by molar-refractivity contribution is 8.01. The first kappa shape index (κ1) is 16.8. The van der Waals surface area contributed by atoms with E-state index in [1.807, 2.05) is 30.3 Å². The predicted octanol–water partition coefficient (Wildman–Crippen LogP) is 2.93. The van der Waals surface area contributed by atoms with Gasteiger partial charge in [-0.05, 0) is 36.0 Å². The van der Waals surface area contributed by atoms with Crippen molar-refractivity contribution < 1.29 is 0 Å². The lowest BCUT2D eigenvalue weighted by molar-refractivity contribution is 0.874. The molecule has 0 spiro atoms. The van der Waals surface area contributed by atoms with Gasteiger partial charge in [0.1, 0.15) is 23.3 Å². The molecule has 0 radical (unpaired) electrons. The molecule has 0 atom stereocenters. The molecule has 136 valence electrons. The second-order valence-electron chi connectivity index (χ2n) is 5.70. The summed E-state index contributed by atoms with van der Waals surface area (Å²) in [7, 11) is 0. The molecule has 0 fully saturated rings. The first-order chi connectivity index (χ1) is 13.8. The molecule has 0 saturated heterocycles. The summed E-state index contributed by atoms with van der Waals surface area (Å²) in [5.74, 6) is 0. The quantitative estimate of drug-likeness (QED) is 0.337. The minimum atomic E-state index is -0.203. The van der Waals surface area contributed by atoms with Gasteiger partial charge in [0.2, 0.25) is 0 Å². The average molecular weight is 405 g/mol. The van der Waals surface area contributed by atoms with E-state index in [4.69, 9.17) is 0 Å². The number of para-hydroxylation sites is 1. The Morgan fingerprint density at radius 3 is 2.71 bits per heavy atom. The molecule has 0 saturated carbocycles. The van der Waals surface area contributed by atoms with Crippen molar-refractivity contribution in [2.45, 2.75) is 9.37 Å². The Kier molecular flexibility index (Phi) is 4.18. The molecule has 28 heavy (non-hydrogen) atoms. The summed E-state index contributed by atoms with van der Waals surface area (Å²) in [5.41, 5.74) is 1.66. The number of rotatable bonds is 4. The molecule has 8 nitrogen and oxygen atoms in total. The van der Waals surface area contributed by atoms with E-state index in [0.717, 1.165) is 14.6 Å². The van der Waals surface area contributed by atoms with Crippen molar-refractivity contribution in [3.05, 3.63) is 77.2 Å². The van der Waals surface area contributed by atoms with Gasteiger partial charge in [0.05, 0.1) is 22.0 Å². The molecule has 10 heteroatoms. The van der Waals surface area contributed by atoms with Crippen molar-refractivity contribution >= 4 is 45.2 Å². The van der Waals surface area contributed by atoms with Crippen LogP contribution in [0.4, 0.5) is 0 Å². The number of fused-ring (bicyclic) bond motifs is 2. The van der Waals surface area contributed by atoms with Crippen LogP contribution < -0.4 is 5.56 Å². The zero-order chi connectivity index (χ0) is 18.9. The third kappa shape index (κ3) is 3.08. The van der Waals surface area contributed by atoms with Crippen molar-refractivity contribution in [1.82, 2.24) is 29.2 Å². The fourth-order valence-corrected chi connectivity index (χ4v) is 4.70. The molecule has 1 aromatic carbocycles. The molecule has 0 bridgehead atoms. The van der Waals surface area contributed by atoms with Crippen LogP contribution in [0.2, 0.25) is 0 Å². The van der Waals surface area contributed by atoms with Gasteiger partial charge >= 0.3 is 0 Å². The normalized spacial score (nSPS) is 11.7. The fourth-order valence-electron chi connectivity index (χ4n) is 2.63. The Labute approximate surface area is 166 Å². The third-order valence-corrected chi connectivity index (χ3v) is 6.02. The molecule has 0 unspecified atom stereocenters. The van der Waals surface area contributed by atoms with Crippen LogP contribution in [0, 0.1) is 0 Å². The number of pyridine rings is 1. The van der Waals surface area contributed by atoms with E-state index in [2.05, 4.69) is 25.3 Å². The van der Waals surface area contributed by atoms with Crippen LogP contribution in [0.25, 0.3) is 15.9 Å². The SMILES string of the molecule is O=c1c(/C=N/n2cnnc2)c(Sc2nc3ccccc3s2)nc2ccccn12. The van der Waals surface area contributed by atoms with Gasteiger partial charge in [0.25, 0.3) is 5.56 Å². The molecule has 0 aliphatic rings. The Morgan fingerprint density at radius 2 is 1.86 bits per heavy atom. The lowest BCUT2D eigenvalue weighted by Crippen LogP contribution is -2.20. The van der Waals surface area contributed by atoms with Crippen molar-refractivity contribution in [2.75, 3.05) is 0 Å². The summed E-state index contributed by atoms with van der Waals surface area (Å²) < 4.78 is 4.82. The third-order valence-electron chi connectivity index (χ3n) is 3.92. The summed E-state index contributed by atoms with van der Waals surface area (Å²) in [5, 5.41) is 12.2. The highest BCUT2D eigenvalue weighted by atomic mass is 32.2. The summed E-state index contributed by atoms with van der Waals surface area (Å²) in [6.07, 6.45) is 6.06. The van der Waals surface area contributed by atoms with E-state index in [1.54, 1.807) is 29.7 Å². The maximum Gasteiger partial charge on any atom is 0.267 e. The van der Waals surface area contributed by atoms with Crippen LogP contribution >= 0.6 is 23.1 Å². The molecule has 4 heterocycles. The van der Waals surface area contributed by atoms with E-state index in [0.29, 0.717) is 16.2 Å². The number of aromatic nitrogens is 6. The molecule has 5 aromatic rings. The van der Waals surface area contributed by atoms with Gasteiger partial charge in [-0.2, -0.15) is 5.10 Å². The number of thiazole rings is 1. The van der Waals surface area contributed by atoms with Crippen LogP contribution in [0.3, 0.4) is 0 Å². The number of benzene rings is 1. The largest absolute Gasteiger partial charge is 0.268 e. The van der Waals surface area contributed by atoms with Gasteiger partial charge in [-0.1, -0.05) is 18.2 Å². The Bertz CT molecular complexity index is 1340. The van der Waals surface area contributed by atoms with Crippen LogP contribution in [-0.4, -0.2) is 35.5 Å². The summed E-state index contributed by atoms with van der Waals surface area (Å²) in [4.78, 5) is 22.3. The minimum absolute atomic E-state index is 0.203. The zero-order valence-electron chi connectivity index (χ0n) is 14.2. The monoisotopic (exact) mass is 405 g/mol. The maximum absolute atomic E-state index is 13.0. The van der Waals surface area contributed by atoms with Gasteiger partial charge in [-0.3, -0.25) is 9.20 Å². The number of nitrogens with zero attached hydrogens (tertiary/aromatic N) is 7. The van der Waals surface area contributed by atoms with Crippen molar-refractivity contribution in [2.24, 2.45) is 5.10 Å². The van der Waals surface area contributed by atoms with E-state index < -0.39 is 0 Å². The van der Waals surface area contributed by atoms with Gasteiger partial charge in [0.15, 0.2) is 4.34 Å². The second kappa shape index (κ2) is 6.98. The maximum atomic E-state index is 13.0. The fraction of sp³-hybridized carbons (Fsp3) is 0. The highest BCUT2D eigenvalue weighted by Crippen LogP contribution is 2.34. The Balaban J connectivity index is 1.65. The average Bonchev–Trinajstić information content (AvgIpc) is 3.37. The smallest absolute Gasteiger partial charge is 0.267 e. The first-order valence-electron chi connectivity index (χ1n) is 8.22. The Hall–Kier alpha value is -3.37. The van der Waals surface area contributed by atoms with E-state index in [1.165, 1.54) is 39.7 Å². The highest BCUT2D eigenvalue weighted by Gasteiger charge is 2.15. The molecular formula is C18H11N7OS2. The standard InChI is InChI=1S/C18H11N7OS2/c26-17-12(9-21-24-10-19-20-11-24)16(23-15-7-3-4-8-25(15)17)28-18-22-13-5-1-2-6-14(13)27-18/h1-11H/b21-9+. The van der Waals surface area contributed by atoms with Gasteiger partial charge in [-0.25, -0.2) is 14.6 Å². The van der Waals surface area contributed by atoms with Crippen LogP contribution in [0.15, 0.2) is 80.6 Å². The molecule has 4 aromatic heterocycles. The van der Waals surface area contributed by atoms with E-state index in [-0.39, 0.29) is 5.56 Å². The number of hydrogen-bond acceptors (Lipinski definition) is 8. The van der Waals surface area contributed by atoms with E-state index in [9.17, 15) is 4.79 Å². The first-order valence-corrected chi connectivity index (χ1v) is 9.85. The van der Waals surface area contributed by atoms with Crippen LogP contribution in [0.5, 0.6) is 0 Å². The van der Waals surface area contributed by atoms with Crippen molar-refractivity contribution in [1.29, 1.82) is 0 Å². The van der Waals surface area contributed by atoms with Crippen molar-refractivity contribution in [3.63, 3.8) is 0 Å². The molecule has 0 amide bonds. The minimum Gasteiger partial charge on any atom is -0.268 e. The van der Waals surface area contributed by atoms with Crippen LogP contribution in [-0.2, 0) is 0 Å². The summed E-state index contributed by atoms with van der Waals surface area (Å²) in [6, 6.07) is 13.4. The number of hydrogen-bond donors (Lipinski definition) is 0. The van der Waals surface area contributed by atoms with Gasteiger partial charge < -0.3 is 0 Å². The molecule has 0 aliphatic carbocycles. The lowest BCUT2D eigenvalue weighted by atomic mass is 10.3. The van der Waals surface area contributed by atoms with Gasteiger partial charge in [-0.15, -0.1) is 21.5 Å². The predicted molar refractivity (Wildman–Crippen MR) is 108 cm³/mol. The molecular weight excluding hydrogens is 394 g/mol. The molecule has 0 aliphatic heterocycles.